The van der Waals surface area contributed by atoms with E-state index < -0.39 is 24.0 Å². The molecule has 0 aliphatic heterocycles. The predicted molar refractivity (Wildman–Crippen MR) is 108 cm³/mol. The molecule has 0 fully saturated rings. The lowest BCUT2D eigenvalue weighted by atomic mass is 10.0. The molecule has 0 radical (unpaired) electrons. The summed E-state index contributed by atoms with van der Waals surface area (Å²) in [6.07, 6.45) is -1.18. The maximum Gasteiger partial charge on any atom is 0.268 e. The van der Waals surface area contributed by atoms with Crippen LogP contribution in [0.25, 0.3) is 22.5 Å². The fourth-order valence-electron chi connectivity index (χ4n) is 2.96. The minimum atomic E-state index is -1.28. The number of carbonyl (C=O) groups is 2. The number of amides is 2. The van der Waals surface area contributed by atoms with Crippen LogP contribution in [0.4, 0.5) is 0 Å². The van der Waals surface area contributed by atoms with Gasteiger partial charge in [-0.1, -0.05) is 36.4 Å². The van der Waals surface area contributed by atoms with E-state index in [0.29, 0.717) is 17.1 Å². The van der Waals surface area contributed by atoms with Crippen LogP contribution in [0.2, 0.25) is 0 Å². The standard InChI is InChI=1S/C22H22N2O6/c1-13(26)20(22(28)24-29)23-21(27)17-8-4-15(5-9-17)14-2-6-16(7-3-14)19-11-10-18(12-25)30-19/h2-11,13,20,25-26,29H,12H2,1H3,(H,23,27)(H,24,28)/t13-,20?/m1/s1. The van der Waals surface area contributed by atoms with Crippen molar-refractivity contribution in [3.05, 3.63) is 72.0 Å². The van der Waals surface area contributed by atoms with Crippen LogP contribution in [0.3, 0.4) is 0 Å². The average molecular weight is 410 g/mol. The number of furan rings is 1. The van der Waals surface area contributed by atoms with Gasteiger partial charge in [-0.2, -0.15) is 0 Å². The highest BCUT2D eigenvalue weighted by atomic mass is 16.5. The van der Waals surface area contributed by atoms with Crippen LogP contribution in [0.1, 0.15) is 23.0 Å². The maximum absolute atomic E-state index is 12.3. The smallest absolute Gasteiger partial charge is 0.268 e. The highest BCUT2D eigenvalue weighted by molar-refractivity contribution is 5.98. The van der Waals surface area contributed by atoms with Gasteiger partial charge in [0.05, 0.1) is 6.10 Å². The normalized spacial score (nSPS) is 12.8. The van der Waals surface area contributed by atoms with E-state index in [1.165, 1.54) is 12.4 Å². The summed E-state index contributed by atoms with van der Waals surface area (Å²) >= 11 is 0. The Morgan fingerprint density at radius 1 is 0.933 bits per heavy atom. The van der Waals surface area contributed by atoms with Crippen LogP contribution >= 0.6 is 0 Å². The summed E-state index contributed by atoms with van der Waals surface area (Å²) in [6, 6.07) is 16.6. The number of aliphatic hydroxyl groups excluding tert-OH is 2. The number of hydrogen-bond donors (Lipinski definition) is 5. The second-order valence-corrected chi connectivity index (χ2v) is 6.75. The van der Waals surface area contributed by atoms with Crippen LogP contribution in [0.15, 0.2) is 65.1 Å². The summed E-state index contributed by atoms with van der Waals surface area (Å²) in [7, 11) is 0. The zero-order valence-corrected chi connectivity index (χ0v) is 16.2. The van der Waals surface area contributed by atoms with Crippen LogP contribution in [0, 0.1) is 0 Å². The van der Waals surface area contributed by atoms with E-state index in [0.717, 1.165) is 16.7 Å². The topological polar surface area (TPSA) is 132 Å². The van der Waals surface area contributed by atoms with Gasteiger partial charge in [-0.3, -0.25) is 14.8 Å². The van der Waals surface area contributed by atoms with Crippen molar-refractivity contribution in [2.45, 2.75) is 25.7 Å². The molecule has 0 spiro atoms. The first kappa shape index (κ1) is 21.3. The molecule has 0 saturated heterocycles. The quantitative estimate of drug-likeness (QED) is 0.299. The first-order valence-corrected chi connectivity index (χ1v) is 9.26. The summed E-state index contributed by atoms with van der Waals surface area (Å²) in [6.45, 7) is 1.18. The molecule has 1 unspecified atom stereocenters. The van der Waals surface area contributed by atoms with Crippen LogP contribution in [0.5, 0.6) is 0 Å². The molecule has 0 aliphatic carbocycles. The van der Waals surface area contributed by atoms with Crippen molar-refractivity contribution < 1.29 is 29.4 Å². The molecule has 2 aromatic carbocycles. The average Bonchev–Trinajstić information content (AvgIpc) is 3.26. The van der Waals surface area contributed by atoms with Crippen LogP contribution < -0.4 is 10.8 Å². The predicted octanol–water partition coefficient (Wildman–Crippen LogP) is 2.09. The van der Waals surface area contributed by atoms with E-state index in [-0.39, 0.29) is 6.61 Å². The Bertz CT molecular complexity index is 1010. The van der Waals surface area contributed by atoms with Gasteiger partial charge in [-0.15, -0.1) is 0 Å². The zero-order valence-electron chi connectivity index (χ0n) is 16.2. The third-order valence-electron chi connectivity index (χ3n) is 4.63. The van der Waals surface area contributed by atoms with Crippen molar-refractivity contribution in [2.75, 3.05) is 0 Å². The number of hydrogen-bond acceptors (Lipinski definition) is 6. The number of benzene rings is 2. The minimum absolute atomic E-state index is 0.152. The molecule has 2 amide bonds. The molecular formula is C22H22N2O6. The van der Waals surface area contributed by atoms with Gasteiger partial charge < -0.3 is 19.9 Å². The summed E-state index contributed by atoms with van der Waals surface area (Å²) in [5, 5.41) is 29.8. The van der Waals surface area contributed by atoms with E-state index in [1.54, 1.807) is 36.4 Å². The molecule has 0 bridgehead atoms. The fourth-order valence-corrected chi connectivity index (χ4v) is 2.96. The van der Waals surface area contributed by atoms with Gasteiger partial charge in [0.15, 0.2) is 0 Å². The molecule has 5 N–H and O–H groups in total. The molecular weight excluding hydrogens is 388 g/mol. The van der Waals surface area contributed by atoms with Gasteiger partial charge in [-0.25, -0.2) is 5.48 Å². The molecule has 30 heavy (non-hydrogen) atoms. The Morgan fingerprint density at radius 3 is 2.00 bits per heavy atom. The molecule has 1 aromatic heterocycles. The number of rotatable bonds is 7. The summed E-state index contributed by atoms with van der Waals surface area (Å²) in [5.74, 6) is -0.295. The Labute approximate surface area is 172 Å². The summed E-state index contributed by atoms with van der Waals surface area (Å²) in [4.78, 5) is 23.9. The highest BCUT2D eigenvalue weighted by Gasteiger charge is 2.25. The fraction of sp³-hybridized carbons (Fsp3) is 0.182. The first-order chi connectivity index (χ1) is 14.4. The molecule has 3 aromatic rings. The largest absolute Gasteiger partial charge is 0.459 e. The van der Waals surface area contributed by atoms with E-state index >= 15 is 0 Å². The molecule has 0 saturated carbocycles. The molecule has 1 heterocycles. The van der Waals surface area contributed by atoms with Crippen LogP contribution in [-0.2, 0) is 11.4 Å². The summed E-state index contributed by atoms with van der Waals surface area (Å²) < 4.78 is 5.52. The lowest BCUT2D eigenvalue weighted by Gasteiger charge is -2.19. The Hall–Kier alpha value is -3.46. The van der Waals surface area contributed by atoms with Crippen molar-refractivity contribution in [1.29, 1.82) is 0 Å². The van der Waals surface area contributed by atoms with Gasteiger partial charge in [0, 0.05) is 11.1 Å². The summed E-state index contributed by atoms with van der Waals surface area (Å²) in [5.41, 5.74) is 4.42. The van der Waals surface area contributed by atoms with E-state index in [9.17, 15) is 14.7 Å². The van der Waals surface area contributed by atoms with Crippen molar-refractivity contribution in [2.24, 2.45) is 0 Å². The molecule has 8 heteroatoms. The van der Waals surface area contributed by atoms with Gasteiger partial charge in [0.1, 0.15) is 24.2 Å². The Kier molecular flexibility index (Phi) is 6.63. The lowest BCUT2D eigenvalue weighted by molar-refractivity contribution is -0.133. The number of aliphatic hydroxyl groups is 2. The number of carbonyl (C=O) groups excluding carboxylic acids is 2. The first-order valence-electron chi connectivity index (χ1n) is 9.26. The van der Waals surface area contributed by atoms with Gasteiger partial charge >= 0.3 is 0 Å². The molecule has 0 aliphatic rings. The van der Waals surface area contributed by atoms with Crippen LogP contribution in [-0.4, -0.2) is 39.4 Å². The number of nitrogens with one attached hydrogen (secondary N) is 2. The van der Waals surface area contributed by atoms with E-state index in [4.69, 9.17) is 14.7 Å². The van der Waals surface area contributed by atoms with E-state index in [1.807, 2.05) is 24.3 Å². The lowest BCUT2D eigenvalue weighted by Crippen LogP contribution is -2.51. The third-order valence-corrected chi connectivity index (χ3v) is 4.63. The molecule has 2 atom stereocenters. The van der Waals surface area contributed by atoms with Gasteiger partial charge in [0.25, 0.3) is 11.8 Å². The second kappa shape index (κ2) is 9.36. The second-order valence-electron chi connectivity index (χ2n) is 6.75. The van der Waals surface area contributed by atoms with Crippen molar-refractivity contribution in [3.63, 3.8) is 0 Å². The zero-order chi connectivity index (χ0) is 21.7. The van der Waals surface area contributed by atoms with Crippen molar-refractivity contribution in [1.82, 2.24) is 10.8 Å². The number of hydroxylamine groups is 1. The highest BCUT2D eigenvalue weighted by Crippen LogP contribution is 2.26. The Morgan fingerprint density at radius 2 is 1.50 bits per heavy atom. The van der Waals surface area contributed by atoms with E-state index in [2.05, 4.69) is 5.32 Å². The third kappa shape index (κ3) is 4.74. The minimum Gasteiger partial charge on any atom is -0.459 e. The molecule has 8 nitrogen and oxygen atoms in total. The Balaban J connectivity index is 1.72. The van der Waals surface area contributed by atoms with Gasteiger partial charge in [0.2, 0.25) is 0 Å². The van der Waals surface area contributed by atoms with Gasteiger partial charge in [-0.05, 0) is 42.3 Å². The SMILES string of the molecule is C[C@@H](O)C(NC(=O)c1ccc(-c2ccc(-c3ccc(CO)o3)cc2)cc1)C(=O)NO. The van der Waals surface area contributed by atoms with Crippen molar-refractivity contribution in [3.8, 4) is 22.5 Å². The monoisotopic (exact) mass is 410 g/mol. The molecule has 156 valence electrons. The molecule has 3 rings (SSSR count). The van der Waals surface area contributed by atoms with Crippen molar-refractivity contribution >= 4 is 11.8 Å². The maximum atomic E-state index is 12.3.